The van der Waals surface area contributed by atoms with Gasteiger partial charge in [-0.2, -0.15) is 0 Å². The number of benzene rings is 1. The second-order valence-corrected chi connectivity index (χ2v) is 4.67. The van der Waals surface area contributed by atoms with Crippen LogP contribution in [-0.2, 0) is 6.54 Å². The molecular weight excluding hydrogens is 276 g/mol. The Morgan fingerprint density at radius 3 is 2.79 bits per heavy atom. The van der Waals surface area contributed by atoms with Crippen molar-refractivity contribution < 1.29 is 13.7 Å². The quantitative estimate of drug-likeness (QED) is 0.691. The van der Waals surface area contributed by atoms with Gasteiger partial charge in [0, 0.05) is 10.9 Å². The third-order valence-electron chi connectivity index (χ3n) is 2.54. The molecule has 0 saturated heterocycles. The van der Waals surface area contributed by atoms with Crippen molar-refractivity contribution in [1.29, 1.82) is 0 Å². The Balaban J connectivity index is 2.31. The first kappa shape index (κ1) is 13.3. The molecule has 1 aromatic carbocycles. The van der Waals surface area contributed by atoms with Crippen molar-refractivity contribution in [2.75, 3.05) is 5.32 Å². The van der Waals surface area contributed by atoms with Crippen LogP contribution in [0.5, 0.6) is 0 Å². The minimum Gasteiger partial charge on any atom is -0.372 e. The highest BCUT2D eigenvalue weighted by Gasteiger charge is 2.21. The van der Waals surface area contributed by atoms with Gasteiger partial charge in [-0.05, 0) is 13.0 Å². The Labute approximate surface area is 111 Å². The summed E-state index contributed by atoms with van der Waals surface area (Å²) in [5.74, 6) is -2.38. The van der Waals surface area contributed by atoms with Crippen molar-refractivity contribution in [3.8, 4) is 0 Å². The number of nitrogens with zero attached hydrogens (tertiary/aromatic N) is 2. The normalized spacial score (nSPS) is 10.5. The summed E-state index contributed by atoms with van der Waals surface area (Å²) in [6.07, 6.45) is 0. The smallest absolute Gasteiger partial charge is 0.295 e. The fourth-order valence-electron chi connectivity index (χ4n) is 1.53. The molecule has 8 heteroatoms. The van der Waals surface area contributed by atoms with Gasteiger partial charge in [0.2, 0.25) is 0 Å². The van der Waals surface area contributed by atoms with Gasteiger partial charge in [-0.3, -0.25) is 10.1 Å². The van der Waals surface area contributed by atoms with Crippen LogP contribution in [0.4, 0.5) is 20.2 Å². The molecule has 1 N–H and O–H groups in total. The van der Waals surface area contributed by atoms with Crippen molar-refractivity contribution in [2.45, 2.75) is 13.5 Å². The first-order valence-corrected chi connectivity index (χ1v) is 6.14. The fraction of sp³-hybridized carbons (Fsp3) is 0.182. The molecule has 5 nitrogen and oxygen atoms in total. The summed E-state index contributed by atoms with van der Waals surface area (Å²) in [5.41, 5.74) is 1.42. The highest BCUT2D eigenvalue weighted by atomic mass is 32.1. The van der Waals surface area contributed by atoms with Gasteiger partial charge in [0.15, 0.2) is 17.3 Å². The van der Waals surface area contributed by atoms with E-state index in [2.05, 4.69) is 10.3 Å². The molecule has 0 amide bonds. The molecule has 0 fully saturated rings. The molecule has 2 aromatic rings. The number of thiazole rings is 1. The summed E-state index contributed by atoms with van der Waals surface area (Å²) < 4.78 is 26.7. The number of anilines is 1. The molecule has 0 saturated carbocycles. The molecule has 0 atom stereocenters. The topological polar surface area (TPSA) is 68.1 Å². The molecule has 1 heterocycles. The molecule has 0 aliphatic heterocycles. The predicted octanol–water partition coefficient (Wildman–Crippen LogP) is 3.25. The average molecular weight is 285 g/mol. The van der Waals surface area contributed by atoms with Gasteiger partial charge in [-0.1, -0.05) is 0 Å². The summed E-state index contributed by atoms with van der Waals surface area (Å²) in [7, 11) is 0. The van der Waals surface area contributed by atoms with E-state index in [4.69, 9.17) is 0 Å². The predicted molar refractivity (Wildman–Crippen MR) is 67.2 cm³/mol. The van der Waals surface area contributed by atoms with Crippen molar-refractivity contribution in [3.63, 3.8) is 0 Å². The Morgan fingerprint density at radius 2 is 2.21 bits per heavy atom. The number of aryl methyl sites for hydroxylation is 1. The van der Waals surface area contributed by atoms with Gasteiger partial charge in [-0.25, -0.2) is 13.8 Å². The van der Waals surface area contributed by atoms with Crippen molar-refractivity contribution in [3.05, 3.63) is 50.0 Å². The zero-order valence-corrected chi connectivity index (χ0v) is 10.6. The number of nitrogens with one attached hydrogen (secondary N) is 1. The maximum absolute atomic E-state index is 13.6. The standard InChI is InChI=1S/C11H9F2N3O2S/c1-6-9(19-5-15-6)4-14-11-8(16(17)18)3-2-7(12)10(11)13/h2-3,5,14H,4H2,1H3. The number of hydrogen-bond donors (Lipinski definition) is 1. The van der Waals surface area contributed by atoms with E-state index < -0.39 is 27.9 Å². The lowest BCUT2D eigenvalue weighted by molar-refractivity contribution is -0.384. The highest BCUT2D eigenvalue weighted by molar-refractivity contribution is 7.09. The number of nitro benzene ring substituents is 1. The van der Waals surface area contributed by atoms with Crippen LogP contribution in [0.25, 0.3) is 0 Å². The Hall–Kier alpha value is -2.09. The Kier molecular flexibility index (Phi) is 3.70. The van der Waals surface area contributed by atoms with Gasteiger partial charge in [0.25, 0.3) is 5.69 Å². The molecule has 19 heavy (non-hydrogen) atoms. The van der Waals surface area contributed by atoms with Crippen molar-refractivity contribution in [1.82, 2.24) is 4.98 Å². The number of rotatable bonds is 4. The molecule has 0 aliphatic rings. The molecule has 2 rings (SSSR count). The average Bonchev–Trinajstić information content (AvgIpc) is 2.76. The van der Waals surface area contributed by atoms with Crippen LogP contribution in [0, 0.1) is 28.7 Å². The molecule has 0 bridgehead atoms. The van der Waals surface area contributed by atoms with Crippen LogP contribution in [0.15, 0.2) is 17.6 Å². The first-order valence-electron chi connectivity index (χ1n) is 5.26. The van der Waals surface area contributed by atoms with Crippen LogP contribution in [0.3, 0.4) is 0 Å². The van der Waals surface area contributed by atoms with Gasteiger partial charge in [0.1, 0.15) is 0 Å². The summed E-state index contributed by atoms with van der Waals surface area (Å²) in [4.78, 5) is 14.8. The second kappa shape index (κ2) is 5.27. The molecule has 0 aliphatic carbocycles. The van der Waals surface area contributed by atoms with Gasteiger partial charge in [0.05, 0.1) is 22.7 Å². The number of hydrogen-bond acceptors (Lipinski definition) is 5. The second-order valence-electron chi connectivity index (χ2n) is 3.73. The van der Waals surface area contributed by atoms with E-state index in [0.29, 0.717) is 0 Å². The zero-order chi connectivity index (χ0) is 14.0. The van der Waals surface area contributed by atoms with Crippen LogP contribution in [0.2, 0.25) is 0 Å². The lowest BCUT2D eigenvalue weighted by atomic mass is 10.2. The maximum Gasteiger partial charge on any atom is 0.295 e. The van der Waals surface area contributed by atoms with Gasteiger partial charge in [-0.15, -0.1) is 11.3 Å². The van der Waals surface area contributed by atoms with Crippen LogP contribution < -0.4 is 5.32 Å². The van der Waals surface area contributed by atoms with E-state index in [0.717, 1.165) is 22.7 Å². The largest absolute Gasteiger partial charge is 0.372 e. The molecule has 1 aromatic heterocycles. The molecular formula is C11H9F2N3O2S. The van der Waals surface area contributed by atoms with E-state index in [1.54, 1.807) is 12.4 Å². The van der Waals surface area contributed by atoms with E-state index in [-0.39, 0.29) is 6.54 Å². The number of halogens is 2. The number of aromatic nitrogens is 1. The van der Waals surface area contributed by atoms with Crippen LogP contribution in [-0.4, -0.2) is 9.91 Å². The summed E-state index contributed by atoms with van der Waals surface area (Å²) >= 11 is 1.33. The molecule has 0 spiro atoms. The third kappa shape index (κ3) is 2.68. The lowest BCUT2D eigenvalue weighted by Crippen LogP contribution is -2.06. The summed E-state index contributed by atoms with van der Waals surface area (Å²) in [5, 5.41) is 13.3. The van der Waals surface area contributed by atoms with E-state index in [1.165, 1.54) is 11.3 Å². The summed E-state index contributed by atoms with van der Waals surface area (Å²) in [6.45, 7) is 1.92. The lowest BCUT2D eigenvalue weighted by Gasteiger charge is -2.08. The Morgan fingerprint density at radius 1 is 1.47 bits per heavy atom. The third-order valence-corrected chi connectivity index (χ3v) is 3.48. The van der Waals surface area contributed by atoms with Crippen molar-refractivity contribution in [2.24, 2.45) is 0 Å². The van der Waals surface area contributed by atoms with E-state index in [1.807, 2.05) is 0 Å². The highest BCUT2D eigenvalue weighted by Crippen LogP contribution is 2.30. The van der Waals surface area contributed by atoms with Gasteiger partial charge >= 0.3 is 0 Å². The van der Waals surface area contributed by atoms with Crippen LogP contribution >= 0.6 is 11.3 Å². The number of nitro groups is 1. The molecule has 0 radical (unpaired) electrons. The first-order chi connectivity index (χ1) is 9.00. The summed E-state index contributed by atoms with van der Waals surface area (Å²) in [6, 6.07) is 1.66. The minimum absolute atomic E-state index is 0.151. The fourth-order valence-corrected chi connectivity index (χ4v) is 2.24. The van der Waals surface area contributed by atoms with E-state index >= 15 is 0 Å². The van der Waals surface area contributed by atoms with E-state index in [9.17, 15) is 18.9 Å². The monoisotopic (exact) mass is 285 g/mol. The van der Waals surface area contributed by atoms with Gasteiger partial charge < -0.3 is 5.32 Å². The maximum atomic E-state index is 13.6. The zero-order valence-electron chi connectivity index (χ0n) is 9.81. The molecule has 0 unspecified atom stereocenters. The minimum atomic E-state index is -1.25. The Bertz CT molecular complexity index is 630. The SMILES string of the molecule is Cc1ncsc1CNc1c([N+](=O)[O-])ccc(F)c1F. The molecule has 100 valence electrons. The van der Waals surface area contributed by atoms with Crippen molar-refractivity contribution >= 4 is 22.7 Å². The van der Waals surface area contributed by atoms with Crippen LogP contribution in [0.1, 0.15) is 10.6 Å².